The van der Waals surface area contributed by atoms with Crippen LogP contribution >= 0.6 is 15.9 Å². The van der Waals surface area contributed by atoms with Crippen LogP contribution in [0, 0.1) is 0 Å². The van der Waals surface area contributed by atoms with Gasteiger partial charge in [-0.3, -0.25) is 10.1 Å². The molecule has 0 saturated carbocycles. The molecule has 106 valence electrons. The van der Waals surface area contributed by atoms with Crippen molar-refractivity contribution in [3.05, 3.63) is 52.9 Å². The molecule has 2 atom stereocenters. The molecule has 0 spiro atoms. The first-order valence-electron chi connectivity index (χ1n) is 6.42. The maximum atomic E-state index is 12.1. The number of nitrogens with one attached hydrogen (secondary N) is 2. The third-order valence-electron chi connectivity index (χ3n) is 2.98. The number of hydrogen-bond acceptors (Lipinski definition) is 3. The van der Waals surface area contributed by atoms with Crippen LogP contribution in [0.1, 0.15) is 25.6 Å². The van der Waals surface area contributed by atoms with Crippen LogP contribution in [0.3, 0.4) is 0 Å². The summed E-state index contributed by atoms with van der Waals surface area (Å²) in [4.78, 5) is 12.1. The van der Waals surface area contributed by atoms with Gasteiger partial charge in [0.25, 0.3) is 0 Å². The van der Waals surface area contributed by atoms with Crippen LogP contribution < -0.4 is 10.6 Å². The van der Waals surface area contributed by atoms with Crippen molar-refractivity contribution in [1.82, 2.24) is 5.32 Å². The fourth-order valence-electron chi connectivity index (χ4n) is 1.85. The van der Waals surface area contributed by atoms with Gasteiger partial charge in [0.15, 0.2) is 0 Å². The lowest BCUT2D eigenvalue weighted by Gasteiger charge is -2.18. The van der Waals surface area contributed by atoms with E-state index in [0.717, 1.165) is 15.9 Å². The SMILES string of the molecule is C[C@H](N[C@@H](C)c1ccco1)C(=O)Nc1ccc(Br)cc1. The van der Waals surface area contributed by atoms with Crippen molar-refractivity contribution in [3.8, 4) is 0 Å². The van der Waals surface area contributed by atoms with E-state index in [1.807, 2.05) is 50.2 Å². The minimum atomic E-state index is -0.321. The first kappa shape index (κ1) is 14.8. The minimum Gasteiger partial charge on any atom is -0.468 e. The molecule has 1 amide bonds. The highest BCUT2D eigenvalue weighted by molar-refractivity contribution is 9.10. The monoisotopic (exact) mass is 336 g/mol. The summed E-state index contributed by atoms with van der Waals surface area (Å²) in [5.41, 5.74) is 0.775. The predicted octanol–water partition coefficient (Wildman–Crippen LogP) is 3.72. The van der Waals surface area contributed by atoms with Gasteiger partial charge in [-0.05, 0) is 50.2 Å². The summed E-state index contributed by atoms with van der Waals surface area (Å²) < 4.78 is 6.29. The predicted molar refractivity (Wildman–Crippen MR) is 82.5 cm³/mol. The van der Waals surface area contributed by atoms with Crippen LogP contribution in [-0.2, 0) is 4.79 Å². The van der Waals surface area contributed by atoms with Gasteiger partial charge < -0.3 is 9.73 Å². The molecule has 1 aromatic heterocycles. The van der Waals surface area contributed by atoms with Crippen LogP contribution in [0.25, 0.3) is 0 Å². The molecule has 1 heterocycles. The zero-order chi connectivity index (χ0) is 14.5. The average Bonchev–Trinajstić information content (AvgIpc) is 2.95. The van der Waals surface area contributed by atoms with Crippen molar-refractivity contribution in [2.24, 2.45) is 0 Å². The van der Waals surface area contributed by atoms with Gasteiger partial charge in [-0.1, -0.05) is 15.9 Å². The summed E-state index contributed by atoms with van der Waals surface area (Å²) in [5, 5.41) is 6.07. The van der Waals surface area contributed by atoms with Crippen LogP contribution in [0.4, 0.5) is 5.69 Å². The molecule has 1 aromatic carbocycles. The number of anilines is 1. The largest absolute Gasteiger partial charge is 0.468 e. The second kappa shape index (κ2) is 6.72. The number of benzene rings is 1. The molecular formula is C15H17BrN2O2. The van der Waals surface area contributed by atoms with Crippen LogP contribution in [0.15, 0.2) is 51.6 Å². The van der Waals surface area contributed by atoms with Gasteiger partial charge in [-0.15, -0.1) is 0 Å². The summed E-state index contributed by atoms with van der Waals surface area (Å²) in [6.45, 7) is 3.79. The number of carbonyl (C=O) groups excluding carboxylic acids is 1. The Labute approximate surface area is 126 Å². The van der Waals surface area contributed by atoms with E-state index in [2.05, 4.69) is 26.6 Å². The van der Waals surface area contributed by atoms with Crippen LogP contribution in [0.2, 0.25) is 0 Å². The molecular weight excluding hydrogens is 320 g/mol. The molecule has 0 saturated heterocycles. The highest BCUT2D eigenvalue weighted by Gasteiger charge is 2.17. The van der Waals surface area contributed by atoms with Gasteiger partial charge in [-0.2, -0.15) is 0 Å². The van der Waals surface area contributed by atoms with Crippen molar-refractivity contribution in [1.29, 1.82) is 0 Å². The first-order chi connectivity index (χ1) is 9.56. The van der Waals surface area contributed by atoms with E-state index < -0.39 is 0 Å². The van der Waals surface area contributed by atoms with Gasteiger partial charge in [0.1, 0.15) is 5.76 Å². The van der Waals surface area contributed by atoms with E-state index in [0.29, 0.717) is 0 Å². The third-order valence-corrected chi connectivity index (χ3v) is 3.50. The summed E-state index contributed by atoms with van der Waals surface area (Å²) >= 11 is 3.36. The fourth-order valence-corrected chi connectivity index (χ4v) is 2.12. The molecule has 20 heavy (non-hydrogen) atoms. The molecule has 0 fully saturated rings. The summed E-state index contributed by atoms with van der Waals surface area (Å²) in [6.07, 6.45) is 1.63. The van der Waals surface area contributed by atoms with Gasteiger partial charge >= 0.3 is 0 Å². The number of rotatable bonds is 5. The highest BCUT2D eigenvalue weighted by atomic mass is 79.9. The average molecular weight is 337 g/mol. The normalized spacial score (nSPS) is 13.8. The summed E-state index contributed by atoms with van der Waals surface area (Å²) in [6, 6.07) is 10.9. The zero-order valence-corrected chi connectivity index (χ0v) is 13.0. The number of amides is 1. The molecule has 0 aliphatic heterocycles. The molecule has 2 aromatic rings. The summed E-state index contributed by atoms with van der Waals surface area (Å²) in [5.74, 6) is 0.735. The van der Waals surface area contributed by atoms with Crippen molar-refractivity contribution in [2.45, 2.75) is 25.9 Å². The van der Waals surface area contributed by atoms with E-state index in [9.17, 15) is 4.79 Å². The topological polar surface area (TPSA) is 54.3 Å². The lowest BCUT2D eigenvalue weighted by atomic mass is 10.2. The second-order valence-electron chi connectivity index (χ2n) is 4.62. The van der Waals surface area contributed by atoms with Crippen LogP contribution in [0.5, 0.6) is 0 Å². The maximum Gasteiger partial charge on any atom is 0.241 e. The van der Waals surface area contributed by atoms with E-state index in [-0.39, 0.29) is 18.0 Å². The first-order valence-corrected chi connectivity index (χ1v) is 7.21. The van der Waals surface area contributed by atoms with Crippen molar-refractivity contribution in [2.75, 3.05) is 5.32 Å². The lowest BCUT2D eigenvalue weighted by Crippen LogP contribution is -2.39. The maximum absolute atomic E-state index is 12.1. The number of carbonyl (C=O) groups is 1. The Morgan fingerprint density at radius 2 is 1.90 bits per heavy atom. The smallest absolute Gasteiger partial charge is 0.241 e. The number of hydrogen-bond donors (Lipinski definition) is 2. The Morgan fingerprint density at radius 3 is 2.50 bits per heavy atom. The molecule has 0 radical (unpaired) electrons. The third kappa shape index (κ3) is 3.95. The van der Waals surface area contributed by atoms with E-state index >= 15 is 0 Å². The molecule has 0 aliphatic carbocycles. The highest BCUT2D eigenvalue weighted by Crippen LogP contribution is 2.15. The Morgan fingerprint density at radius 1 is 1.20 bits per heavy atom. The molecule has 2 rings (SSSR count). The quantitative estimate of drug-likeness (QED) is 0.874. The molecule has 0 bridgehead atoms. The van der Waals surface area contributed by atoms with Gasteiger partial charge in [0.2, 0.25) is 5.91 Å². The Bertz CT molecular complexity index is 552. The second-order valence-corrected chi connectivity index (χ2v) is 5.54. The Kier molecular flexibility index (Phi) is 4.98. The molecule has 0 aliphatic rings. The minimum absolute atomic E-state index is 0.0179. The van der Waals surface area contributed by atoms with E-state index in [1.165, 1.54) is 0 Å². The van der Waals surface area contributed by atoms with Gasteiger partial charge in [0, 0.05) is 10.2 Å². The van der Waals surface area contributed by atoms with Gasteiger partial charge in [0.05, 0.1) is 18.3 Å². The van der Waals surface area contributed by atoms with Crippen LogP contribution in [-0.4, -0.2) is 11.9 Å². The molecule has 0 unspecified atom stereocenters. The number of furan rings is 1. The van der Waals surface area contributed by atoms with E-state index in [4.69, 9.17) is 4.42 Å². The van der Waals surface area contributed by atoms with Crippen molar-refractivity contribution < 1.29 is 9.21 Å². The van der Waals surface area contributed by atoms with E-state index in [1.54, 1.807) is 6.26 Å². The molecule has 5 heteroatoms. The Balaban J connectivity index is 1.90. The fraction of sp³-hybridized carbons (Fsp3) is 0.267. The lowest BCUT2D eigenvalue weighted by molar-refractivity contribution is -0.118. The molecule has 2 N–H and O–H groups in total. The van der Waals surface area contributed by atoms with Crippen molar-refractivity contribution in [3.63, 3.8) is 0 Å². The Hall–Kier alpha value is -1.59. The zero-order valence-electron chi connectivity index (χ0n) is 11.4. The van der Waals surface area contributed by atoms with Gasteiger partial charge in [-0.25, -0.2) is 0 Å². The number of halogens is 1. The van der Waals surface area contributed by atoms with Crippen molar-refractivity contribution >= 4 is 27.5 Å². The molecule has 4 nitrogen and oxygen atoms in total. The summed E-state index contributed by atoms with van der Waals surface area (Å²) in [7, 11) is 0. The standard InChI is InChI=1S/C15H17BrN2O2/c1-10(14-4-3-9-20-14)17-11(2)15(19)18-13-7-5-12(16)6-8-13/h3-11,17H,1-2H3,(H,18,19)/t10-,11-/m0/s1.